The van der Waals surface area contributed by atoms with Crippen molar-refractivity contribution in [2.75, 3.05) is 6.61 Å². The van der Waals surface area contributed by atoms with Crippen LogP contribution < -0.4 is 14.2 Å². The molecule has 0 aromatic heterocycles. The molecular weight excluding hydrogens is 568 g/mol. The third-order valence-electron chi connectivity index (χ3n) is 8.20. The Morgan fingerprint density at radius 3 is 1.91 bits per heavy atom. The molecule has 0 N–H and O–H groups in total. The van der Waals surface area contributed by atoms with E-state index in [0.29, 0.717) is 66.4 Å². The maximum Gasteiger partial charge on any atom is 0.343 e. The monoisotopic (exact) mass is 612 g/mol. The minimum atomic E-state index is -0.460. The zero-order valence-electron chi connectivity index (χ0n) is 26.5. The van der Waals surface area contributed by atoms with E-state index < -0.39 is 5.97 Å². The molecule has 0 spiro atoms. The van der Waals surface area contributed by atoms with Crippen LogP contribution >= 0.6 is 0 Å². The van der Waals surface area contributed by atoms with E-state index in [4.69, 9.17) is 18.9 Å². The van der Waals surface area contributed by atoms with Gasteiger partial charge in [0.15, 0.2) is 0 Å². The first kappa shape index (κ1) is 33.5. The maximum atomic E-state index is 12.5. The Morgan fingerprint density at radius 1 is 0.778 bits per heavy atom. The van der Waals surface area contributed by atoms with Gasteiger partial charge in [0.2, 0.25) is 0 Å². The van der Waals surface area contributed by atoms with Gasteiger partial charge in [-0.1, -0.05) is 64.1 Å². The second kappa shape index (κ2) is 16.6. The van der Waals surface area contributed by atoms with Crippen LogP contribution in [0.2, 0.25) is 0 Å². The van der Waals surface area contributed by atoms with Crippen molar-refractivity contribution in [1.82, 2.24) is 0 Å². The maximum absolute atomic E-state index is 12.5. The number of ether oxygens (including phenoxy) is 4. The van der Waals surface area contributed by atoms with E-state index in [1.165, 1.54) is 6.42 Å². The first-order chi connectivity index (χ1) is 21.7. The van der Waals surface area contributed by atoms with Gasteiger partial charge < -0.3 is 18.9 Å². The molecule has 1 saturated carbocycles. The molecule has 238 valence electrons. The highest BCUT2D eigenvalue weighted by molar-refractivity contribution is 5.91. The summed E-state index contributed by atoms with van der Waals surface area (Å²) in [4.78, 5) is 37.4. The Balaban J connectivity index is 1.18. The Bertz CT molecular complexity index is 1410. The van der Waals surface area contributed by atoms with Crippen molar-refractivity contribution in [2.24, 2.45) is 17.8 Å². The molecule has 0 radical (unpaired) electrons. The summed E-state index contributed by atoms with van der Waals surface area (Å²) >= 11 is 0. The third kappa shape index (κ3) is 10.3. The Kier molecular flexibility index (Phi) is 12.4. The van der Waals surface area contributed by atoms with E-state index in [0.717, 1.165) is 24.0 Å². The number of carbonyl (C=O) groups excluding carboxylic acids is 3. The molecule has 0 bridgehead atoms. The van der Waals surface area contributed by atoms with Crippen molar-refractivity contribution in [1.29, 1.82) is 0 Å². The SMILES string of the molecule is C=CCOc1ccc(C(=O)Oc2ccc(-c3ccc(OC(=O)CCCCC(=O)OC4CC(C)CCC4C(C)C)cc3)cc2)cc1. The Labute approximate surface area is 266 Å². The second-order valence-corrected chi connectivity index (χ2v) is 12.1. The van der Waals surface area contributed by atoms with Crippen molar-refractivity contribution in [3.05, 3.63) is 91.0 Å². The lowest BCUT2D eigenvalue weighted by atomic mass is 9.75. The predicted octanol–water partition coefficient (Wildman–Crippen LogP) is 8.61. The number of unbranched alkanes of at least 4 members (excludes halogenated alkanes) is 1. The summed E-state index contributed by atoms with van der Waals surface area (Å²) in [5.41, 5.74) is 2.26. The van der Waals surface area contributed by atoms with Crippen LogP contribution in [0.1, 0.15) is 76.1 Å². The van der Waals surface area contributed by atoms with E-state index in [-0.39, 0.29) is 24.5 Å². The van der Waals surface area contributed by atoms with Gasteiger partial charge in [0.05, 0.1) is 5.56 Å². The van der Waals surface area contributed by atoms with Crippen molar-refractivity contribution < 1.29 is 33.3 Å². The molecule has 1 aliphatic rings. The van der Waals surface area contributed by atoms with Crippen LogP contribution in [0.3, 0.4) is 0 Å². The van der Waals surface area contributed by atoms with E-state index in [1.54, 1.807) is 54.6 Å². The van der Waals surface area contributed by atoms with E-state index in [9.17, 15) is 14.4 Å². The standard InChI is InChI=1S/C38H44O7/c1-5-24-42-31-17-15-30(16-18-31)38(41)44-33-21-13-29(14-22-33)28-11-19-32(20-12-28)43-36(39)8-6-7-9-37(40)45-35-25-27(4)10-23-34(35)26(2)3/h5,11-22,26-27,34-35H,1,6-10,23-25H2,2-4H3. The van der Waals surface area contributed by atoms with Gasteiger partial charge in [-0.2, -0.15) is 0 Å². The van der Waals surface area contributed by atoms with Crippen LogP contribution in [0, 0.1) is 17.8 Å². The highest BCUT2D eigenvalue weighted by atomic mass is 16.5. The molecule has 4 rings (SSSR count). The zero-order valence-corrected chi connectivity index (χ0v) is 26.5. The molecule has 3 aromatic rings. The van der Waals surface area contributed by atoms with Gasteiger partial charge in [-0.25, -0.2) is 4.79 Å². The summed E-state index contributed by atoms with van der Waals surface area (Å²) in [6.45, 7) is 10.6. The Hall–Kier alpha value is -4.39. The molecule has 7 heteroatoms. The highest BCUT2D eigenvalue weighted by Crippen LogP contribution is 2.35. The Morgan fingerprint density at radius 2 is 1.33 bits per heavy atom. The summed E-state index contributed by atoms with van der Waals surface area (Å²) in [6, 6.07) is 21.1. The van der Waals surface area contributed by atoms with Crippen LogP contribution in [0.5, 0.6) is 17.2 Å². The van der Waals surface area contributed by atoms with Crippen LogP contribution in [0.15, 0.2) is 85.5 Å². The molecular formula is C38H44O7. The minimum Gasteiger partial charge on any atom is -0.490 e. The van der Waals surface area contributed by atoms with Gasteiger partial charge in [-0.15, -0.1) is 0 Å². The van der Waals surface area contributed by atoms with Crippen LogP contribution in [0.25, 0.3) is 11.1 Å². The molecule has 1 aliphatic carbocycles. The summed E-state index contributed by atoms with van der Waals surface area (Å²) in [5.74, 6) is 2.07. The van der Waals surface area contributed by atoms with E-state index in [1.807, 2.05) is 24.3 Å². The molecule has 0 aliphatic heterocycles. The number of esters is 3. The van der Waals surface area contributed by atoms with Crippen LogP contribution in [-0.2, 0) is 14.3 Å². The predicted molar refractivity (Wildman–Crippen MR) is 174 cm³/mol. The molecule has 1 fully saturated rings. The molecule has 3 aromatic carbocycles. The zero-order chi connectivity index (χ0) is 32.2. The van der Waals surface area contributed by atoms with Crippen molar-refractivity contribution in [2.45, 2.75) is 71.8 Å². The molecule has 0 amide bonds. The van der Waals surface area contributed by atoms with Crippen molar-refractivity contribution in [3.8, 4) is 28.4 Å². The average Bonchev–Trinajstić information content (AvgIpc) is 3.03. The van der Waals surface area contributed by atoms with Gasteiger partial charge in [0, 0.05) is 12.8 Å². The fourth-order valence-electron chi connectivity index (χ4n) is 5.64. The molecule has 7 nitrogen and oxygen atoms in total. The lowest BCUT2D eigenvalue weighted by molar-refractivity contribution is -0.156. The third-order valence-corrected chi connectivity index (χ3v) is 8.20. The summed E-state index contributed by atoms with van der Waals surface area (Å²) < 4.78 is 22.3. The summed E-state index contributed by atoms with van der Waals surface area (Å²) in [7, 11) is 0. The molecule has 45 heavy (non-hydrogen) atoms. The summed E-state index contributed by atoms with van der Waals surface area (Å²) in [5, 5.41) is 0. The van der Waals surface area contributed by atoms with Gasteiger partial charge >= 0.3 is 17.9 Å². The van der Waals surface area contributed by atoms with Gasteiger partial charge in [-0.05, 0) is 103 Å². The number of benzene rings is 3. The average molecular weight is 613 g/mol. The topological polar surface area (TPSA) is 88.1 Å². The molecule has 0 saturated heterocycles. The van der Waals surface area contributed by atoms with Crippen molar-refractivity contribution >= 4 is 17.9 Å². The minimum absolute atomic E-state index is 0.00194. The number of hydrogen-bond acceptors (Lipinski definition) is 7. The molecule has 3 atom stereocenters. The van der Waals surface area contributed by atoms with Crippen LogP contribution in [0.4, 0.5) is 0 Å². The van der Waals surface area contributed by atoms with E-state index in [2.05, 4.69) is 27.4 Å². The number of rotatable bonds is 14. The number of hydrogen-bond donors (Lipinski definition) is 0. The largest absolute Gasteiger partial charge is 0.490 e. The molecule has 3 unspecified atom stereocenters. The van der Waals surface area contributed by atoms with Crippen molar-refractivity contribution in [3.63, 3.8) is 0 Å². The fraction of sp³-hybridized carbons (Fsp3) is 0.395. The molecule has 0 heterocycles. The van der Waals surface area contributed by atoms with E-state index >= 15 is 0 Å². The lowest BCUT2D eigenvalue weighted by Crippen LogP contribution is -2.35. The second-order valence-electron chi connectivity index (χ2n) is 12.1. The first-order valence-electron chi connectivity index (χ1n) is 15.9. The lowest BCUT2D eigenvalue weighted by Gasteiger charge is -2.36. The fourth-order valence-corrected chi connectivity index (χ4v) is 5.64. The number of carbonyl (C=O) groups is 3. The smallest absolute Gasteiger partial charge is 0.343 e. The van der Waals surface area contributed by atoms with Gasteiger partial charge in [0.1, 0.15) is 30.0 Å². The van der Waals surface area contributed by atoms with Crippen LogP contribution in [-0.4, -0.2) is 30.6 Å². The summed E-state index contributed by atoms with van der Waals surface area (Å²) in [6.07, 6.45) is 6.59. The normalized spacial score (nSPS) is 17.7. The highest BCUT2D eigenvalue weighted by Gasteiger charge is 2.33. The van der Waals surface area contributed by atoms with Gasteiger partial charge in [0.25, 0.3) is 0 Å². The quantitative estimate of drug-likeness (QED) is 0.0779. The van der Waals surface area contributed by atoms with Gasteiger partial charge in [-0.3, -0.25) is 9.59 Å². The first-order valence-corrected chi connectivity index (χ1v) is 15.9.